The van der Waals surface area contributed by atoms with Crippen molar-refractivity contribution >= 4 is 34.5 Å². The lowest BCUT2D eigenvalue weighted by Gasteiger charge is -2.36. The van der Waals surface area contributed by atoms with E-state index >= 15 is 4.39 Å². The number of imidazole rings is 1. The van der Waals surface area contributed by atoms with E-state index < -0.39 is 30.6 Å². The van der Waals surface area contributed by atoms with Crippen molar-refractivity contribution in [2.24, 2.45) is 5.41 Å². The summed E-state index contributed by atoms with van der Waals surface area (Å²) in [5, 5.41) is 12.1. The Bertz CT molecular complexity index is 1350. The SMILES string of the molecule is CN(CC(=O)O)C(=O)c1cc2nc(Nc3ccc(OC(F)(F)F)cc3)n(C3CCCC(C)(C)C3)c2cc1F. The van der Waals surface area contributed by atoms with Gasteiger partial charge in [0.15, 0.2) is 0 Å². The zero-order valence-electron chi connectivity index (χ0n) is 21.1. The van der Waals surface area contributed by atoms with Crippen LogP contribution in [0.2, 0.25) is 0 Å². The van der Waals surface area contributed by atoms with E-state index in [4.69, 9.17) is 5.11 Å². The number of aromatic nitrogens is 2. The molecule has 8 nitrogen and oxygen atoms in total. The van der Waals surface area contributed by atoms with Crippen LogP contribution in [-0.2, 0) is 4.79 Å². The van der Waals surface area contributed by atoms with E-state index in [1.165, 1.54) is 43.4 Å². The van der Waals surface area contributed by atoms with Gasteiger partial charge in [-0.2, -0.15) is 0 Å². The molecule has 1 atom stereocenters. The zero-order chi connectivity index (χ0) is 27.8. The monoisotopic (exact) mass is 536 g/mol. The van der Waals surface area contributed by atoms with Crippen LogP contribution in [0, 0.1) is 11.2 Å². The number of likely N-dealkylation sites (N-methyl/N-ethyl adjacent to an activating group) is 1. The van der Waals surface area contributed by atoms with E-state index in [0.29, 0.717) is 22.7 Å². The summed E-state index contributed by atoms with van der Waals surface area (Å²) in [4.78, 5) is 29.2. The third-order valence-electron chi connectivity index (χ3n) is 6.62. The van der Waals surface area contributed by atoms with Crippen molar-refractivity contribution in [2.75, 3.05) is 18.9 Å². The predicted octanol–water partition coefficient (Wildman–Crippen LogP) is 6.12. The number of benzene rings is 2. The molecule has 0 saturated heterocycles. The van der Waals surface area contributed by atoms with Gasteiger partial charge < -0.3 is 24.6 Å². The average molecular weight is 537 g/mol. The Morgan fingerprint density at radius 1 is 1.24 bits per heavy atom. The van der Waals surface area contributed by atoms with Crippen LogP contribution in [0.3, 0.4) is 0 Å². The summed E-state index contributed by atoms with van der Waals surface area (Å²) in [7, 11) is 1.27. The van der Waals surface area contributed by atoms with E-state index in [9.17, 15) is 22.8 Å². The number of aliphatic carboxylic acids is 1. The number of fused-ring (bicyclic) bond motifs is 1. The average Bonchev–Trinajstić information content (AvgIpc) is 3.13. The van der Waals surface area contributed by atoms with Crippen LogP contribution in [0.5, 0.6) is 5.75 Å². The molecule has 1 heterocycles. The van der Waals surface area contributed by atoms with Crippen LogP contribution < -0.4 is 10.1 Å². The van der Waals surface area contributed by atoms with Crippen LogP contribution in [0.15, 0.2) is 36.4 Å². The van der Waals surface area contributed by atoms with Crippen LogP contribution in [0.25, 0.3) is 11.0 Å². The van der Waals surface area contributed by atoms with Gasteiger partial charge in [-0.25, -0.2) is 9.37 Å². The number of carbonyl (C=O) groups excluding carboxylic acids is 1. The number of carboxylic acids is 1. The molecule has 4 rings (SSSR count). The Balaban J connectivity index is 1.75. The van der Waals surface area contributed by atoms with Crippen LogP contribution in [0.1, 0.15) is 55.9 Å². The van der Waals surface area contributed by atoms with Gasteiger partial charge in [0, 0.05) is 24.8 Å². The van der Waals surface area contributed by atoms with Crippen molar-refractivity contribution in [3.05, 3.63) is 47.8 Å². The number of carboxylic acid groups (broad SMARTS) is 1. The quantitative estimate of drug-likeness (QED) is 0.354. The fraction of sp³-hybridized carbons (Fsp3) is 0.423. The summed E-state index contributed by atoms with van der Waals surface area (Å²) in [6.07, 6.45) is -1.24. The second-order valence-corrected chi connectivity index (χ2v) is 10.3. The molecule has 1 aliphatic rings. The van der Waals surface area contributed by atoms with Crippen molar-refractivity contribution in [1.82, 2.24) is 14.5 Å². The highest BCUT2D eigenvalue weighted by Gasteiger charge is 2.33. The Hall–Kier alpha value is -3.83. The van der Waals surface area contributed by atoms with Gasteiger partial charge in [-0.3, -0.25) is 9.59 Å². The predicted molar refractivity (Wildman–Crippen MR) is 132 cm³/mol. The van der Waals surface area contributed by atoms with E-state index in [-0.39, 0.29) is 22.8 Å². The minimum absolute atomic E-state index is 0.0291. The Kier molecular flexibility index (Phi) is 7.26. The molecule has 1 aromatic heterocycles. The second-order valence-electron chi connectivity index (χ2n) is 10.3. The molecule has 0 radical (unpaired) electrons. The lowest BCUT2D eigenvalue weighted by Crippen LogP contribution is -2.32. The topological polar surface area (TPSA) is 96.7 Å². The lowest BCUT2D eigenvalue weighted by molar-refractivity contribution is -0.274. The summed E-state index contributed by atoms with van der Waals surface area (Å²) >= 11 is 0. The standard InChI is InChI=1S/C26H28F4N4O4/c1-25(2)10-4-5-16(13-25)34-21-12-19(27)18(23(37)33(3)14-22(35)36)11-20(21)32-24(34)31-15-6-8-17(9-7-15)38-26(28,29)30/h6-9,11-12,16H,4-5,10,13-14H2,1-3H3,(H,31,32)(H,35,36). The van der Waals surface area contributed by atoms with Crippen molar-refractivity contribution in [3.63, 3.8) is 0 Å². The van der Waals surface area contributed by atoms with Crippen molar-refractivity contribution in [2.45, 2.75) is 51.9 Å². The number of amides is 1. The lowest BCUT2D eigenvalue weighted by atomic mass is 9.75. The molecule has 1 aliphatic carbocycles. The van der Waals surface area contributed by atoms with Gasteiger partial charge in [0.25, 0.3) is 5.91 Å². The zero-order valence-corrected chi connectivity index (χ0v) is 21.1. The van der Waals surface area contributed by atoms with Gasteiger partial charge in [0.05, 0.1) is 16.6 Å². The fourth-order valence-corrected chi connectivity index (χ4v) is 4.97. The third kappa shape index (κ3) is 6.17. The first-order valence-corrected chi connectivity index (χ1v) is 12.0. The molecule has 12 heteroatoms. The summed E-state index contributed by atoms with van der Waals surface area (Å²) in [6, 6.07) is 7.62. The molecule has 1 unspecified atom stereocenters. The molecule has 0 aliphatic heterocycles. The van der Waals surface area contributed by atoms with E-state index in [1.807, 2.05) is 4.57 Å². The minimum Gasteiger partial charge on any atom is -0.480 e. The maximum Gasteiger partial charge on any atom is 0.573 e. The van der Waals surface area contributed by atoms with Crippen molar-refractivity contribution in [3.8, 4) is 5.75 Å². The molecule has 204 valence electrons. The van der Waals surface area contributed by atoms with Gasteiger partial charge >= 0.3 is 12.3 Å². The number of nitrogens with one attached hydrogen (secondary N) is 1. The van der Waals surface area contributed by atoms with E-state index in [1.54, 1.807) is 0 Å². The number of carbonyl (C=O) groups is 2. The molecule has 1 amide bonds. The number of hydrogen-bond donors (Lipinski definition) is 2. The summed E-state index contributed by atoms with van der Waals surface area (Å²) in [6.45, 7) is 3.71. The molecule has 2 aromatic carbocycles. The highest BCUT2D eigenvalue weighted by Crippen LogP contribution is 2.44. The number of alkyl halides is 3. The Labute approximate surface area is 216 Å². The number of rotatable bonds is 7. The van der Waals surface area contributed by atoms with Gasteiger partial charge in [0.2, 0.25) is 5.95 Å². The minimum atomic E-state index is -4.81. The largest absolute Gasteiger partial charge is 0.573 e. The van der Waals surface area contributed by atoms with Crippen LogP contribution >= 0.6 is 0 Å². The highest BCUT2D eigenvalue weighted by molar-refractivity contribution is 5.99. The first-order valence-electron chi connectivity index (χ1n) is 12.0. The maximum absolute atomic E-state index is 15.2. The smallest absolute Gasteiger partial charge is 0.480 e. The van der Waals surface area contributed by atoms with Gasteiger partial charge in [-0.05, 0) is 55.0 Å². The van der Waals surface area contributed by atoms with Crippen molar-refractivity contribution in [1.29, 1.82) is 0 Å². The van der Waals surface area contributed by atoms with Crippen LogP contribution in [-0.4, -0.2) is 51.4 Å². The molecule has 1 fully saturated rings. The molecule has 0 spiro atoms. The van der Waals surface area contributed by atoms with Gasteiger partial charge in [-0.1, -0.05) is 20.3 Å². The summed E-state index contributed by atoms with van der Waals surface area (Å²) in [5.41, 5.74) is 0.921. The number of hydrogen-bond acceptors (Lipinski definition) is 5. The van der Waals surface area contributed by atoms with Gasteiger partial charge in [0.1, 0.15) is 18.1 Å². The van der Waals surface area contributed by atoms with Crippen molar-refractivity contribution < 1.29 is 37.0 Å². The molecule has 3 aromatic rings. The molecule has 1 saturated carbocycles. The summed E-state index contributed by atoms with van der Waals surface area (Å²) in [5.74, 6) is -2.87. The fourth-order valence-electron chi connectivity index (χ4n) is 4.97. The Morgan fingerprint density at radius 2 is 1.92 bits per heavy atom. The molecule has 0 bridgehead atoms. The number of halogens is 4. The Morgan fingerprint density at radius 3 is 2.53 bits per heavy atom. The van der Waals surface area contributed by atoms with E-state index in [0.717, 1.165) is 30.6 Å². The van der Waals surface area contributed by atoms with Gasteiger partial charge in [-0.15, -0.1) is 13.2 Å². The molecular weight excluding hydrogens is 508 g/mol. The molecular formula is C26H28F4N4O4. The second kappa shape index (κ2) is 10.1. The first kappa shape index (κ1) is 27.2. The number of anilines is 2. The first-order chi connectivity index (χ1) is 17.7. The van der Waals surface area contributed by atoms with Crippen LogP contribution in [0.4, 0.5) is 29.2 Å². The highest BCUT2D eigenvalue weighted by atomic mass is 19.4. The summed E-state index contributed by atoms with van der Waals surface area (Å²) < 4.78 is 58.6. The normalized spacial score (nSPS) is 17.3. The third-order valence-corrected chi connectivity index (χ3v) is 6.62. The molecule has 38 heavy (non-hydrogen) atoms. The number of nitrogens with zero attached hydrogens (tertiary/aromatic N) is 3. The maximum atomic E-state index is 15.2. The van der Waals surface area contributed by atoms with E-state index in [2.05, 4.69) is 28.9 Å². The number of ether oxygens (including phenoxy) is 1. The molecule has 2 N–H and O–H groups in total.